The van der Waals surface area contributed by atoms with Crippen LogP contribution in [0.1, 0.15) is 40.3 Å². The Morgan fingerprint density at radius 2 is 1.74 bits per heavy atom. The van der Waals surface area contributed by atoms with Gasteiger partial charge in [-0.1, -0.05) is 35.9 Å². The first-order valence-electron chi connectivity index (χ1n) is 11.1. The van der Waals surface area contributed by atoms with E-state index in [0.717, 1.165) is 33.9 Å². The molecule has 1 fully saturated rings. The zero-order valence-corrected chi connectivity index (χ0v) is 20.7. The molecule has 2 N–H and O–H groups in total. The molecule has 0 radical (unpaired) electrons. The van der Waals surface area contributed by atoms with Gasteiger partial charge in [-0.2, -0.15) is 0 Å². The number of aryl methyl sites for hydroxylation is 2. The summed E-state index contributed by atoms with van der Waals surface area (Å²) in [4.78, 5) is 6.63. The molecule has 5 rings (SSSR count). The van der Waals surface area contributed by atoms with Gasteiger partial charge in [0.25, 0.3) is 0 Å². The predicted molar refractivity (Wildman–Crippen MR) is 141 cm³/mol. The van der Waals surface area contributed by atoms with Crippen molar-refractivity contribution in [2.75, 3.05) is 4.90 Å². The predicted octanol–water partition coefficient (Wildman–Crippen LogP) is 6.33. The van der Waals surface area contributed by atoms with E-state index in [1.165, 1.54) is 0 Å². The number of nitrogens with one attached hydrogen (secondary N) is 1. The maximum Gasteiger partial charge on any atom is 0.174 e. The van der Waals surface area contributed by atoms with Gasteiger partial charge in [0.2, 0.25) is 0 Å². The maximum atomic E-state index is 10.7. The lowest BCUT2D eigenvalue weighted by Gasteiger charge is -2.28. The SMILES string of the molecule is Cc1ccc(Cl)cc1-n1c(C)cc(C2C(c3ccccn3)NC(=S)N2c2ccccc2O)c1C. The highest BCUT2D eigenvalue weighted by Crippen LogP contribution is 2.46. The number of aromatic nitrogens is 2. The van der Waals surface area contributed by atoms with Crippen molar-refractivity contribution in [3.63, 3.8) is 0 Å². The van der Waals surface area contributed by atoms with E-state index in [-0.39, 0.29) is 17.8 Å². The molecule has 0 aliphatic carbocycles. The highest BCUT2D eigenvalue weighted by Gasteiger charge is 2.43. The van der Waals surface area contributed by atoms with Crippen molar-refractivity contribution in [1.82, 2.24) is 14.9 Å². The van der Waals surface area contributed by atoms with Crippen LogP contribution < -0.4 is 10.2 Å². The summed E-state index contributed by atoms with van der Waals surface area (Å²) in [6.45, 7) is 6.29. The third-order valence-corrected chi connectivity index (χ3v) is 6.99. The number of hydrogen-bond donors (Lipinski definition) is 2. The largest absolute Gasteiger partial charge is 0.506 e. The number of pyridine rings is 1. The fourth-order valence-electron chi connectivity index (χ4n) is 4.88. The molecule has 1 aliphatic rings. The number of anilines is 1. The fourth-order valence-corrected chi connectivity index (χ4v) is 5.38. The van der Waals surface area contributed by atoms with E-state index >= 15 is 0 Å². The first-order valence-corrected chi connectivity index (χ1v) is 11.9. The molecule has 2 aromatic heterocycles. The fraction of sp³-hybridized carbons (Fsp3) is 0.185. The van der Waals surface area contributed by atoms with Crippen LogP contribution in [0.2, 0.25) is 5.02 Å². The molecule has 1 aliphatic heterocycles. The van der Waals surface area contributed by atoms with Gasteiger partial charge < -0.3 is 19.9 Å². The molecule has 2 unspecified atom stereocenters. The standard InChI is InChI=1S/C27H25ClN4OS/c1-16-11-12-19(28)15-23(16)31-17(2)14-20(18(31)3)26-25(21-8-6-7-13-29-21)30-27(34)32(26)22-9-4-5-10-24(22)33/h4-15,25-26,33H,1-3H3,(H,30,34). The average molecular weight is 489 g/mol. The van der Waals surface area contributed by atoms with Gasteiger partial charge in [-0.3, -0.25) is 4.98 Å². The molecule has 2 atom stereocenters. The quantitative estimate of drug-likeness (QED) is 0.328. The van der Waals surface area contributed by atoms with E-state index in [9.17, 15) is 5.11 Å². The van der Waals surface area contributed by atoms with E-state index < -0.39 is 0 Å². The number of thiocarbonyl (C=S) groups is 1. The third-order valence-electron chi connectivity index (χ3n) is 6.44. The molecule has 4 aromatic rings. The second-order valence-corrected chi connectivity index (χ2v) is 9.40. The number of phenolic OH excluding ortho intramolecular Hbond substituents is 1. The topological polar surface area (TPSA) is 53.3 Å². The van der Waals surface area contributed by atoms with E-state index in [0.29, 0.717) is 15.8 Å². The lowest BCUT2D eigenvalue weighted by Crippen LogP contribution is -2.29. The number of aromatic hydroxyl groups is 1. The number of hydrogen-bond acceptors (Lipinski definition) is 3. The number of halogens is 1. The summed E-state index contributed by atoms with van der Waals surface area (Å²) in [5.74, 6) is 0.179. The minimum absolute atomic E-state index is 0.179. The van der Waals surface area contributed by atoms with Gasteiger partial charge in [0.15, 0.2) is 5.11 Å². The van der Waals surface area contributed by atoms with Crippen LogP contribution in [-0.2, 0) is 0 Å². The Morgan fingerprint density at radius 3 is 2.47 bits per heavy atom. The maximum absolute atomic E-state index is 10.7. The molecular weight excluding hydrogens is 464 g/mol. The average Bonchev–Trinajstić information content (AvgIpc) is 3.31. The number of rotatable bonds is 4. The van der Waals surface area contributed by atoms with Crippen molar-refractivity contribution in [1.29, 1.82) is 0 Å². The normalized spacial score (nSPS) is 17.8. The summed E-state index contributed by atoms with van der Waals surface area (Å²) in [7, 11) is 0. The van der Waals surface area contributed by atoms with Gasteiger partial charge in [-0.15, -0.1) is 0 Å². The second-order valence-electron chi connectivity index (χ2n) is 8.58. The van der Waals surface area contributed by atoms with Crippen LogP contribution in [0.25, 0.3) is 5.69 Å². The molecule has 3 heterocycles. The summed E-state index contributed by atoms with van der Waals surface area (Å²) >= 11 is 12.2. The van der Waals surface area contributed by atoms with E-state index in [1.54, 1.807) is 12.3 Å². The van der Waals surface area contributed by atoms with Gasteiger partial charge in [-0.05, 0) is 86.6 Å². The monoisotopic (exact) mass is 488 g/mol. The summed E-state index contributed by atoms with van der Waals surface area (Å²) in [5.41, 5.74) is 7.00. The highest BCUT2D eigenvalue weighted by molar-refractivity contribution is 7.80. The van der Waals surface area contributed by atoms with Crippen molar-refractivity contribution >= 4 is 34.6 Å². The zero-order valence-electron chi connectivity index (χ0n) is 19.2. The zero-order chi connectivity index (χ0) is 24.0. The molecular formula is C27H25ClN4OS. The molecule has 5 nitrogen and oxygen atoms in total. The molecule has 0 spiro atoms. The summed E-state index contributed by atoms with van der Waals surface area (Å²) in [6, 6.07) is 20.9. The minimum atomic E-state index is -0.213. The summed E-state index contributed by atoms with van der Waals surface area (Å²) < 4.78 is 2.23. The molecule has 0 amide bonds. The van der Waals surface area contributed by atoms with Crippen molar-refractivity contribution in [2.45, 2.75) is 32.9 Å². The molecule has 0 saturated carbocycles. The third kappa shape index (κ3) is 3.73. The number of para-hydroxylation sites is 2. The van der Waals surface area contributed by atoms with Gasteiger partial charge in [-0.25, -0.2) is 0 Å². The Labute approximate surface area is 209 Å². The summed E-state index contributed by atoms with van der Waals surface area (Å²) in [5, 5.41) is 15.4. The molecule has 34 heavy (non-hydrogen) atoms. The minimum Gasteiger partial charge on any atom is -0.506 e. The van der Waals surface area contributed by atoms with Crippen LogP contribution in [0, 0.1) is 20.8 Å². The number of benzene rings is 2. The van der Waals surface area contributed by atoms with Crippen molar-refractivity contribution < 1.29 is 5.11 Å². The Kier molecular flexibility index (Phi) is 5.80. The van der Waals surface area contributed by atoms with Crippen LogP contribution in [0.15, 0.2) is 72.9 Å². The smallest absolute Gasteiger partial charge is 0.174 e. The van der Waals surface area contributed by atoms with Crippen LogP contribution in [0.5, 0.6) is 5.75 Å². The Balaban J connectivity index is 1.72. The van der Waals surface area contributed by atoms with Crippen molar-refractivity contribution in [2.24, 2.45) is 0 Å². The number of phenols is 1. The molecule has 0 bridgehead atoms. The van der Waals surface area contributed by atoms with Gasteiger partial charge in [0.05, 0.1) is 23.5 Å². The molecule has 7 heteroatoms. The molecule has 1 saturated heterocycles. The lowest BCUT2D eigenvalue weighted by molar-refractivity contribution is 0.472. The lowest BCUT2D eigenvalue weighted by atomic mass is 9.96. The second kappa shape index (κ2) is 8.78. The molecule has 172 valence electrons. The van der Waals surface area contributed by atoms with Gasteiger partial charge in [0.1, 0.15) is 5.75 Å². The van der Waals surface area contributed by atoms with Crippen molar-refractivity contribution in [3.05, 3.63) is 106 Å². The molecule has 2 aromatic carbocycles. The Bertz CT molecular complexity index is 1380. The van der Waals surface area contributed by atoms with E-state index in [2.05, 4.69) is 41.7 Å². The summed E-state index contributed by atoms with van der Waals surface area (Å²) in [6.07, 6.45) is 1.79. The Hall–Kier alpha value is -3.35. The van der Waals surface area contributed by atoms with Crippen LogP contribution in [0.3, 0.4) is 0 Å². The van der Waals surface area contributed by atoms with Crippen LogP contribution in [-0.4, -0.2) is 19.8 Å². The van der Waals surface area contributed by atoms with Gasteiger partial charge >= 0.3 is 0 Å². The van der Waals surface area contributed by atoms with E-state index in [1.807, 2.05) is 59.5 Å². The first-order chi connectivity index (χ1) is 16.4. The van der Waals surface area contributed by atoms with E-state index in [4.69, 9.17) is 23.8 Å². The first kappa shape index (κ1) is 22.4. The Morgan fingerprint density at radius 1 is 0.971 bits per heavy atom. The van der Waals surface area contributed by atoms with Crippen molar-refractivity contribution in [3.8, 4) is 11.4 Å². The van der Waals surface area contributed by atoms with Crippen LogP contribution >= 0.6 is 23.8 Å². The highest BCUT2D eigenvalue weighted by atomic mass is 35.5. The van der Waals surface area contributed by atoms with Crippen LogP contribution in [0.4, 0.5) is 5.69 Å². The number of nitrogens with zero attached hydrogens (tertiary/aromatic N) is 3. The van der Waals surface area contributed by atoms with Gasteiger partial charge in [0, 0.05) is 28.3 Å².